The highest BCUT2D eigenvalue weighted by atomic mass is 32.2. The number of Topliss-reactive ketones (excluding diaryl/α,β-unsaturated/α-hetero) is 1. The average molecular weight is 496 g/mol. The number of methoxy groups -OCH3 is 2. The number of aryl methyl sites for hydroxylation is 1. The third kappa shape index (κ3) is 3.91. The summed E-state index contributed by atoms with van der Waals surface area (Å²) < 4.78 is 41.9. The van der Waals surface area contributed by atoms with Gasteiger partial charge < -0.3 is 18.8 Å². The molecule has 0 atom stereocenters. The lowest BCUT2D eigenvalue weighted by Gasteiger charge is -2.24. The molecular formula is C25H20O9S. The summed E-state index contributed by atoms with van der Waals surface area (Å²) in [6.45, 7) is 2.91. The predicted molar refractivity (Wildman–Crippen MR) is 124 cm³/mol. The van der Waals surface area contributed by atoms with Gasteiger partial charge in [-0.2, -0.15) is 8.42 Å². The minimum absolute atomic E-state index is 0.136. The van der Waals surface area contributed by atoms with Gasteiger partial charge >= 0.3 is 10.1 Å². The van der Waals surface area contributed by atoms with Crippen LogP contribution in [-0.2, 0) is 10.1 Å². The van der Waals surface area contributed by atoms with E-state index in [-0.39, 0.29) is 38.6 Å². The smallest absolute Gasteiger partial charge is 0.339 e. The van der Waals surface area contributed by atoms with Crippen LogP contribution in [0.2, 0.25) is 0 Å². The molecule has 1 aliphatic carbocycles. The normalized spacial score (nSPS) is 12.6. The average Bonchev–Trinajstić information content (AvgIpc) is 2.81. The van der Waals surface area contributed by atoms with Gasteiger partial charge in [0.2, 0.25) is 5.78 Å². The van der Waals surface area contributed by atoms with E-state index >= 15 is 0 Å². The first-order valence-corrected chi connectivity index (χ1v) is 11.7. The molecule has 0 amide bonds. The van der Waals surface area contributed by atoms with Crippen molar-refractivity contribution >= 4 is 27.5 Å². The number of phenols is 1. The third-order valence-corrected chi connectivity index (χ3v) is 6.83. The topological polar surface area (TPSA) is 133 Å². The molecule has 0 aliphatic heterocycles. The van der Waals surface area contributed by atoms with Gasteiger partial charge in [-0.15, -0.1) is 0 Å². The molecule has 0 aromatic heterocycles. The van der Waals surface area contributed by atoms with E-state index < -0.39 is 44.5 Å². The standard InChI is InChI=1S/C25H20O9S/c1-12-5-7-15(8-6-12)35(30,31)34-25-20(13(2)26)19(33-4)11-17-22(25)24(29)21-16(23(17)28)9-14(32-3)10-18(21)27/h5-11,27H,1-4H3. The van der Waals surface area contributed by atoms with Gasteiger partial charge in [0, 0.05) is 17.2 Å². The molecule has 0 bridgehead atoms. The van der Waals surface area contributed by atoms with Crippen LogP contribution in [-0.4, -0.2) is 45.1 Å². The Kier molecular flexibility index (Phi) is 5.85. The Labute approximate surface area is 201 Å². The number of phenolic OH excluding ortho intramolecular Hbond substituents is 1. The number of rotatable bonds is 6. The van der Waals surface area contributed by atoms with Crippen molar-refractivity contribution in [2.75, 3.05) is 14.2 Å². The first kappa shape index (κ1) is 24.0. The quantitative estimate of drug-likeness (QED) is 0.315. The molecule has 0 saturated heterocycles. The van der Waals surface area contributed by atoms with E-state index in [2.05, 4.69) is 0 Å². The van der Waals surface area contributed by atoms with E-state index in [0.29, 0.717) is 0 Å². The minimum atomic E-state index is -4.54. The summed E-state index contributed by atoms with van der Waals surface area (Å²) in [5.74, 6) is -3.48. The van der Waals surface area contributed by atoms with Gasteiger partial charge in [-0.05, 0) is 38.1 Å². The van der Waals surface area contributed by atoms with Gasteiger partial charge in [0.1, 0.15) is 27.7 Å². The van der Waals surface area contributed by atoms with Crippen molar-refractivity contribution in [1.29, 1.82) is 0 Å². The number of carbonyl (C=O) groups excluding carboxylic acids is 3. The number of aromatic hydroxyl groups is 1. The van der Waals surface area contributed by atoms with Gasteiger partial charge in [0.15, 0.2) is 17.3 Å². The number of ether oxygens (including phenoxy) is 2. The second kappa shape index (κ2) is 8.55. The molecule has 0 unspecified atom stereocenters. The largest absolute Gasteiger partial charge is 0.507 e. The molecule has 0 saturated carbocycles. The van der Waals surface area contributed by atoms with Crippen molar-refractivity contribution in [3.8, 4) is 23.0 Å². The minimum Gasteiger partial charge on any atom is -0.507 e. The molecule has 3 aromatic carbocycles. The molecule has 4 rings (SSSR count). The lowest BCUT2D eigenvalue weighted by Crippen LogP contribution is -2.25. The third-order valence-electron chi connectivity index (χ3n) is 5.59. The van der Waals surface area contributed by atoms with Gasteiger partial charge in [-0.1, -0.05) is 17.7 Å². The summed E-state index contributed by atoms with van der Waals surface area (Å²) in [6, 6.07) is 9.34. The first-order valence-electron chi connectivity index (χ1n) is 10.3. The van der Waals surface area contributed by atoms with Crippen LogP contribution >= 0.6 is 0 Å². The van der Waals surface area contributed by atoms with Crippen LogP contribution in [0.5, 0.6) is 23.0 Å². The van der Waals surface area contributed by atoms with Crippen LogP contribution in [0.15, 0.2) is 47.4 Å². The molecule has 10 heteroatoms. The van der Waals surface area contributed by atoms with E-state index in [1.807, 2.05) is 0 Å². The summed E-state index contributed by atoms with van der Waals surface area (Å²) >= 11 is 0. The highest BCUT2D eigenvalue weighted by Crippen LogP contribution is 2.44. The van der Waals surface area contributed by atoms with Crippen LogP contribution in [0.4, 0.5) is 0 Å². The Bertz CT molecular complexity index is 1520. The molecule has 35 heavy (non-hydrogen) atoms. The van der Waals surface area contributed by atoms with Crippen molar-refractivity contribution in [1.82, 2.24) is 0 Å². The first-order chi connectivity index (χ1) is 16.5. The Balaban J connectivity index is 2.03. The lowest BCUT2D eigenvalue weighted by atomic mass is 9.81. The zero-order chi connectivity index (χ0) is 25.7. The van der Waals surface area contributed by atoms with Crippen molar-refractivity contribution in [3.63, 3.8) is 0 Å². The van der Waals surface area contributed by atoms with E-state index in [0.717, 1.165) is 18.6 Å². The fraction of sp³-hybridized carbons (Fsp3) is 0.160. The number of hydrogen-bond donors (Lipinski definition) is 1. The number of benzene rings is 3. The Morgan fingerprint density at radius 3 is 2.09 bits per heavy atom. The van der Waals surface area contributed by atoms with E-state index in [9.17, 15) is 27.9 Å². The second-order valence-electron chi connectivity index (χ2n) is 7.84. The number of hydrogen-bond acceptors (Lipinski definition) is 9. The zero-order valence-electron chi connectivity index (χ0n) is 19.2. The fourth-order valence-corrected chi connectivity index (χ4v) is 4.84. The van der Waals surface area contributed by atoms with Gasteiger partial charge in [-0.25, -0.2) is 0 Å². The zero-order valence-corrected chi connectivity index (χ0v) is 20.0. The molecule has 0 spiro atoms. The fourth-order valence-electron chi connectivity index (χ4n) is 3.89. The molecular weight excluding hydrogens is 476 g/mol. The van der Waals surface area contributed by atoms with E-state index in [1.165, 1.54) is 38.5 Å². The summed E-state index contributed by atoms with van der Waals surface area (Å²) in [4.78, 5) is 39.3. The highest BCUT2D eigenvalue weighted by Gasteiger charge is 2.40. The predicted octanol–water partition coefficient (Wildman–Crippen LogP) is 3.46. The van der Waals surface area contributed by atoms with Crippen LogP contribution in [0, 0.1) is 6.92 Å². The summed E-state index contributed by atoms with van der Waals surface area (Å²) in [5.41, 5.74) is -0.754. The monoisotopic (exact) mass is 496 g/mol. The van der Waals surface area contributed by atoms with E-state index in [4.69, 9.17) is 13.7 Å². The van der Waals surface area contributed by atoms with Crippen LogP contribution < -0.4 is 13.7 Å². The number of ketones is 3. The van der Waals surface area contributed by atoms with Crippen LogP contribution in [0.1, 0.15) is 54.7 Å². The summed E-state index contributed by atoms with van der Waals surface area (Å²) in [5, 5.41) is 10.5. The van der Waals surface area contributed by atoms with Crippen molar-refractivity contribution in [3.05, 3.63) is 75.8 Å². The SMILES string of the molecule is COc1cc(O)c2c(c1)C(=O)c1cc(OC)c(C(C)=O)c(OS(=O)(=O)c3ccc(C)cc3)c1C2=O. The number of fused-ring (bicyclic) bond motifs is 2. The lowest BCUT2D eigenvalue weighted by molar-refractivity contribution is 0.0972. The Morgan fingerprint density at radius 2 is 1.51 bits per heavy atom. The molecule has 9 nitrogen and oxygen atoms in total. The molecule has 1 aliphatic rings. The van der Waals surface area contributed by atoms with Crippen molar-refractivity contribution < 1.29 is 41.6 Å². The number of carbonyl (C=O) groups is 3. The molecule has 0 fully saturated rings. The maximum absolute atomic E-state index is 13.6. The molecule has 3 aromatic rings. The summed E-state index contributed by atoms with van der Waals surface area (Å²) in [6.07, 6.45) is 0. The van der Waals surface area contributed by atoms with Crippen molar-refractivity contribution in [2.24, 2.45) is 0 Å². The van der Waals surface area contributed by atoms with Gasteiger partial charge in [0.05, 0.1) is 25.3 Å². The van der Waals surface area contributed by atoms with E-state index in [1.54, 1.807) is 19.1 Å². The van der Waals surface area contributed by atoms with Crippen molar-refractivity contribution in [2.45, 2.75) is 18.7 Å². The van der Waals surface area contributed by atoms with Gasteiger partial charge in [0.25, 0.3) is 0 Å². The molecule has 0 heterocycles. The Hall–Kier alpha value is -4.18. The molecule has 180 valence electrons. The maximum Gasteiger partial charge on any atom is 0.339 e. The Morgan fingerprint density at radius 1 is 0.886 bits per heavy atom. The van der Waals surface area contributed by atoms with Crippen LogP contribution in [0.25, 0.3) is 0 Å². The van der Waals surface area contributed by atoms with Gasteiger partial charge in [-0.3, -0.25) is 14.4 Å². The second-order valence-corrected chi connectivity index (χ2v) is 9.39. The van der Waals surface area contributed by atoms with Crippen LogP contribution in [0.3, 0.4) is 0 Å². The highest BCUT2D eigenvalue weighted by molar-refractivity contribution is 7.87. The molecule has 0 radical (unpaired) electrons. The maximum atomic E-state index is 13.6. The molecule has 1 N–H and O–H groups in total. The summed E-state index contributed by atoms with van der Waals surface area (Å²) in [7, 11) is -1.98.